The van der Waals surface area contributed by atoms with E-state index in [-0.39, 0.29) is 11.5 Å². The molecular weight excluding hydrogens is 298 g/mol. The Kier molecular flexibility index (Phi) is 4.94. The predicted molar refractivity (Wildman–Crippen MR) is 81.3 cm³/mol. The van der Waals surface area contributed by atoms with Gasteiger partial charge in [0.1, 0.15) is 5.75 Å². The van der Waals surface area contributed by atoms with E-state index in [4.69, 9.17) is 16.3 Å². The zero-order valence-electron chi connectivity index (χ0n) is 11.9. The highest BCUT2D eigenvalue weighted by molar-refractivity contribution is 7.91. The molecule has 0 spiro atoms. The summed E-state index contributed by atoms with van der Waals surface area (Å²) >= 11 is 6.11. The molecule has 4 nitrogen and oxygen atoms in total. The van der Waals surface area contributed by atoms with Crippen molar-refractivity contribution in [2.24, 2.45) is 0 Å². The van der Waals surface area contributed by atoms with E-state index < -0.39 is 9.84 Å². The van der Waals surface area contributed by atoms with E-state index in [1.165, 1.54) is 0 Å². The average Bonchev–Trinajstić information content (AvgIpc) is 2.85. The van der Waals surface area contributed by atoms with Crippen LogP contribution in [0.25, 0.3) is 0 Å². The molecule has 0 amide bonds. The van der Waals surface area contributed by atoms with Crippen molar-refractivity contribution >= 4 is 21.4 Å². The molecule has 1 aliphatic heterocycles. The molecule has 2 rings (SSSR count). The van der Waals surface area contributed by atoms with Crippen molar-refractivity contribution in [2.45, 2.75) is 19.9 Å². The molecule has 20 heavy (non-hydrogen) atoms. The Hall–Kier alpha value is -0.780. The van der Waals surface area contributed by atoms with Gasteiger partial charge in [-0.05, 0) is 24.7 Å². The van der Waals surface area contributed by atoms with Crippen LogP contribution in [0, 0.1) is 0 Å². The summed E-state index contributed by atoms with van der Waals surface area (Å²) in [6, 6.07) is 3.84. The summed E-state index contributed by atoms with van der Waals surface area (Å²) in [4.78, 5) is 1.99. The third-order valence-electron chi connectivity index (χ3n) is 3.49. The number of hydrogen-bond donors (Lipinski definition) is 0. The normalized spacial score (nSPS) is 14.4. The van der Waals surface area contributed by atoms with Crippen molar-refractivity contribution in [3.8, 4) is 5.75 Å². The molecule has 0 atom stereocenters. The molecule has 1 aromatic carbocycles. The quantitative estimate of drug-likeness (QED) is 0.806. The maximum absolute atomic E-state index is 11.5. The van der Waals surface area contributed by atoms with Crippen molar-refractivity contribution in [3.63, 3.8) is 0 Å². The van der Waals surface area contributed by atoms with Crippen molar-refractivity contribution in [3.05, 3.63) is 28.3 Å². The Morgan fingerprint density at radius 2 is 2.15 bits per heavy atom. The molecule has 0 unspecified atom stereocenters. The standard InChI is InChI=1S/C14H20ClNO3S/c1-3-20(17,18)7-5-16(2)10-12-9-13(15)8-11-4-6-19-14(11)12/h8-9H,3-7,10H2,1-2H3. The van der Waals surface area contributed by atoms with Crippen LogP contribution in [0.3, 0.4) is 0 Å². The van der Waals surface area contributed by atoms with Gasteiger partial charge in [0.15, 0.2) is 9.84 Å². The molecule has 0 saturated carbocycles. The fraction of sp³-hybridized carbons (Fsp3) is 0.571. The first-order valence-electron chi connectivity index (χ1n) is 6.74. The van der Waals surface area contributed by atoms with Crippen LogP contribution >= 0.6 is 11.6 Å². The Bertz CT molecular complexity index is 586. The Balaban J connectivity index is 2.03. The van der Waals surface area contributed by atoms with Crippen LogP contribution in [0.1, 0.15) is 18.1 Å². The average molecular weight is 318 g/mol. The summed E-state index contributed by atoms with van der Waals surface area (Å²) in [6.45, 7) is 3.52. The highest BCUT2D eigenvalue weighted by Gasteiger charge is 2.19. The van der Waals surface area contributed by atoms with Gasteiger partial charge in [0.2, 0.25) is 0 Å². The van der Waals surface area contributed by atoms with Crippen LogP contribution in [-0.4, -0.2) is 45.0 Å². The zero-order chi connectivity index (χ0) is 14.8. The highest BCUT2D eigenvalue weighted by Crippen LogP contribution is 2.33. The Labute approximate surface area is 125 Å². The molecule has 6 heteroatoms. The molecule has 0 bridgehead atoms. The number of fused-ring (bicyclic) bond motifs is 1. The molecule has 1 heterocycles. The Morgan fingerprint density at radius 1 is 1.40 bits per heavy atom. The molecule has 0 saturated heterocycles. The summed E-state index contributed by atoms with van der Waals surface area (Å²) < 4.78 is 28.7. The lowest BCUT2D eigenvalue weighted by Crippen LogP contribution is -2.26. The lowest BCUT2D eigenvalue weighted by Gasteiger charge is -2.18. The maximum atomic E-state index is 11.5. The monoisotopic (exact) mass is 317 g/mol. The first kappa shape index (κ1) is 15.6. The van der Waals surface area contributed by atoms with Gasteiger partial charge >= 0.3 is 0 Å². The van der Waals surface area contributed by atoms with E-state index in [2.05, 4.69) is 0 Å². The third-order valence-corrected chi connectivity index (χ3v) is 5.39. The number of nitrogens with zero attached hydrogens (tertiary/aromatic N) is 1. The highest BCUT2D eigenvalue weighted by atomic mass is 35.5. The first-order valence-corrected chi connectivity index (χ1v) is 8.94. The number of sulfone groups is 1. The smallest absolute Gasteiger partial charge is 0.151 e. The molecule has 0 radical (unpaired) electrons. The van der Waals surface area contributed by atoms with E-state index in [1.807, 2.05) is 24.1 Å². The molecule has 1 aliphatic rings. The summed E-state index contributed by atoms with van der Waals surface area (Å²) in [5.74, 6) is 1.29. The van der Waals surface area contributed by atoms with Crippen LogP contribution in [0.4, 0.5) is 0 Å². The SMILES string of the molecule is CCS(=O)(=O)CCN(C)Cc1cc(Cl)cc2c1OCC2. The number of halogens is 1. The largest absolute Gasteiger partial charge is 0.493 e. The summed E-state index contributed by atoms with van der Waals surface area (Å²) in [5.41, 5.74) is 2.17. The number of rotatable bonds is 6. The molecule has 112 valence electrons. The van der Waals surface area contributed by atoms with Crippen LogP contribution in [0.5, 0.6) is 5.75 Å². The second-order valence-electron chi connectivity index (χ2n) is 5.13. The van der Waals surface area contributed by atoms with Crippen LogP contribution in [0.15, 0.2) is 12.1 Å². The topological polar surface area (TPSA) is 46.6 Å². The maximum Gasteiger partial charge on any atom is 0.151 e. The fourth-order valence-corrected chi connectivity index (χ4v) is 3.41. The van der Waals surface area contributed by atoms with Gasteiger partial charge in [0.25, 0.3) is 0 Å². The van der Waals surface area contributed by atoms with Crippen LogP contribution in [-0.2, 0) is 22.8 Å². The van der Waals surface area contributed by atoms with Crippen molar-refractivity contribution in [1.29, 1.82) is 0 Å². The van der Waals surface area contributed by atoms with E-state index >= 15 is 0 Å². The minimum Gasteiger partial charge on any atom is -0.493 e. The van der Waals surface area contributed by atoms with Gasteiger partial charge in [0, 0.05) is 35.8 Å². The second kappa shape index (κ2) is 6.33. The van der Waals surface area contributed by atoms with Gasteiger partial charge in [-0.2, -0.15) is 0 Å². The van der Waals surface area contributed by atoms with Gasteiger partial charge in [-0.3, -0.25) is 0 Å². The fourth-order valence-electron chi connectivity index (χ4n) is 2.27. The summed E-state index contributed by atoms with van der Waals surface area (Å²) in [7, 11) is -1.02. The van der Waals surface area contributed by atoms with E-state index in [9.17, 15) is 8.42 Å². The lowest BCUT2D eigenvalue weighted by molar-refractivity contribution is 0.322. The van der Waals surface area contributed by atoms with Gasteiger partial charge in [-0.25, -0.2) is 8.42 Å². The van der Waals surface area contributed by atoms with Crippen LogP contribution < -0.4 is 4.74 Å². The van der Waals surface area contributed by atoms with Crippen molar-refractivity contribution < 1.29 is 13.2 Å². The van der Waals surface area contributed by atoms with Crippen molar-refractivity contribution in [2.75, 3.05) is 31.7 Å². The predicted octanol–water partition coefficient (Wildman–Crippen LogP) is 2.14. The number of ether oxygens (including phenoxy) is 1. The van der Waals surface area contributed by atoms with E-state index in [0.29, 0.717) is 24.7 Å². The minimum absolute atomic E-state index is 0.184. The Morgan fingerprint density at radius 3 is 2.85 bits per heavy atom. The molecule has 0 aromatic heterocycles. The minimum atomic E-state index is -2.93. The van der Waals surface area contributed by atoms with E-state index in [0.717, 1.165) is 23.3 Å². The number of benzene rings is 1. The molecular formula is C14H20ClNO3S. The van der Waals surface area contributed by atoms with Gasteiger partial charge in [0.05, 0.1) is 12.4 Å². The van der Waals surface area contributed by atoms with Gasteiger partial charge < -0.3 is 9.64 Å². The first-order chi connectivity index (χ1) is 9.41. The van der Waals surface area contributed by atoms with Crippen LogP contribution in [0.2, 0.25) is 5.02 Å². The van der Waals surface area contributed by atoms with Gasteiger partial charge in [-0.15, -0.1) is 0 Å². The number of hydrogen-bond acceptors (Lipinski definition) is 4. The summed E-state index contributed by atoms with van der Waals surface area (Å²) in [6.07, 6.45) is 0.886. The molecule has 0 N–H and O–H groups in total. The van der Waals surface area contributed by atoms with E-state index in [1.54, 1.807) is 6.92 Å². The third kappa shape index (κ3) is 3.87. The second-order valence-corrected chi connectivity index (χ2v) is 8.03. The molecule has 0 fully saturated rings. The molecule has 1 aromatic rings. The summed E-state index contributed by atoms with van der Waals surface area (Å²) in [5, 5.41) is 0.707. The van der Waals surface area contributed by atoms with Gasteiger partial charge in [-0.1, -0.05) is 18.5 Å². The van der Waals surface area contributed by atoms with Crippen molar-refractivity contribution in [1.82, 2.24) is 4.90 Å². The zero-order valence-corrected chi connectivity index (χ0v) is 13.4. The lowest BCUT2D eigenvalue weighted by atomic mass is 10.1. The molecule has 0 aliphatic carbocycles.